The van der Waals surface area contributed by atoms with Gasteiger partial charge in [0.2, 0.25) is 0 Å². The molecule has 0 radical (unpaired) electrons. The van der Waals surface area contributed by atoms with Crippen LogP contribution in [-0.2, 0) is 9.59 Å². The van der Waals surface area contributed by atoms with Crippen molar-refractivity contribution in [2.75, 3.05) is 28.2 Å². The van der Waals surface area contributed by atoms with Crippen molar-refractivity contribution in [3.8, 4) is 0 Å². The van der Waals surface area contributed by atoms with Gasteiger partial charge in [-0.05, 0) is 0 Å². The van der Waals surface area contributed by atoms with E-state index in [4.69, 9.17) is 0 Å². The normalized spacial score (nSPS) is 7.69. The predicted molar refractivity (Wildman–Crippen MR) is 49.5 cm³/mol. The van der Waals surface area contributed by atoms with E-state index >= 15 is 0 Å². The maximum Gasteiger partial charge on any atom is 0.318 e. The molecule has 0 saturated heterocycles. The number of carbonyl (C=O) groups excluding carboxylic acids is 3. The Labute approximate surface area is 78.3 Å². The third-order valence-corrected chi connectivity index (χ3v) is 0.958. The van der Waals surface area contributed by atoms with E-state index in [1.165, 1.54) is 9.80 Å². The second-order valence-electron chi connectivity index (χ2n) is 2.64. The minimum Gasteiger partial charge on any atom is -0.331 e. The van der Waals surface area contributed by atoms with E-state index in [1.807, 2.05) is 0 Å². The number of hydrogen-bond donors (Lipinski definition) is 0. The van der Waals surface area contributed by atoms with Crippen LogP contribution in [0.1, 0.15) is 6.42 Å². The molecular formula is C8H16N2O3. The van der Waals surface area contributed by atoms with Gasteiger partial charge in [0, 0.05) is 28.2 Å². The molecule has 0 aromatic rings. The largest absolute Gasteiger partial charge is 0.331 e. The van der Waals surface area contributed by atoms with Gasteiger partial charge in [0.25, 0.3) is 0 Å². The number of urea groups is 1. The Hall–Kier alpha value is -1.39. The van der Waals surface area contributed by atoms with Crippen molar-refractivity contribution >= 4 is 18.6 Å². The lowest BCUT2D eigenvalue weighted by Crippen LogP contribution is -2.33. The maximum atomic E-state index is 10.7. The van der Waals surface area contributed by atoms with E-state index < -0.39 is 0 Å². The molecule has 0 atom stereocenters. The lowest BCUT2D eigenvalue weighted by atomic mass is 10.6. The van der Waals surface area contributed by atoms with Gasteiger partial charge >= 0.3 is 6.03 Å². The smallest absolute Gasteiger partial charge is 0.318 e. The molecule has 0 saturated carbocycles. The van der Waals surface area contributed by atoms with Crippen molar-refractivity contribution in [2.45, 2.75) is 6.42 Å². The highest BCUT2D eigenvalue weighted by Crippen LogP contribution is 1.83. The van der Waals surface area contributed by atoms with Crippen LogP contribution in [0.15, 0.2) is 0 Å². The maximum absolute atomic E-state index is 10.7. The van der Waals surface area contributed by atoms with Crippen LogP contribution in [0.5, 0.6) is 0 Å². The standard InChI is InChI=1S/C5H12N2O.C3H4O2/c1-6(2)5(8)7(3)4;4-2-1-3-5/h1-4H3;2-3H,1H2. The molecule has 0 aromatic heterocycles. The summed E-state index contributed by atoms with van der Waals surface area (Å²) >= 11 is 0. The van der Waals surface area contributed by atoms with E-state index in [0.717, 1.165) is 0 Å². The number of amides is 2. The second kappa shape index (κ2) is 8.70. The van der Waals surface area contributed by atoms with Gasteiger partial charge in [-0.15, -0.1) is 0 Å². The van der Waals surface area contributed by atoms with Gasteiger partial charge in [-0.25, -0.2) is 4.79 Å². The monoisotopic (exact) mass is 188 g/mol. The summed E-state index contributed by atoms with van der Waals surface area (Å²) in [6.07, 6.45) is 1.15. The average molecular weight is 188 g/mol. The minimum atomic E-state index is 0.0185. The zero-order chi connectivity index (χ0) is 10.9. The average Bonchev–Trinajstić information content (AvgIpc) is 2.05. The van der Waals surface area contributed by atoms with Gasteiger partial charge < -0.3 is 19.4 Å². The first-order chi connectivity index (χ1) is 5.97. The molecule has 0 aliphatic rings. The van der Waals surface area contributed by atoms with Crippen molar-refractivity contribution < 1.29 is 14.4 Å². The lowest BCUT2D eigenvalue weighted by molar-refractivity contribution is -0.114. The Morgan fingerprint density at radius 3 is 1.31 bits per heavy atom. The fraction of sp³-hybridized carbons (Fsp3) is 0.625. The summed E-state index contributed by atoms with van der Waals surface area (Å²) in [5.41, 5.74) is 0. The van der Waals surface area contributed by atoms with Crippen LogP contribution in [0.2, 0.25) is 0 Å². The molecule has 5 heteroatoms. The number of rotatable bonds is 2. The molecule has 0 N–H and O–H groups in total. The van der Waals surface area contributed by atoms with Crippen molar-refractivity contribution in [3.63, 3.8) is 0 Å². The van der Waals surface area contributed by atoms with Crippen LogP contribution in [0.4, 0.5) is 4.79 Å². The molecule has 0 unspecified atom stereocenters. The highest BCUT2D eigenvalue weighted by molar-refractivity contribution is 5.73. The summed E-state index contributed by atoms with van der Waals surface area (Å²) in [5, 5.41) is 0. The Bertz CT molecular complexity index is 151. The highest BCUT2D eigenvalue weighted by atomic mass is 16.2. The Morgan fingerprint density at radius 1 is 1.00 bits per heavy atom. The molecular weight excluding hydrogens is 172 g/mol. The molecule has 0 bridgehead atoms. The fourth-order valence-corrected chi connectivity index (χ4v) is 0.439. The minimum absolute atomic E-state index is 0.0185. The van der Waals surface area contributed by atoms with Crippen molar-refractivity contribution in [1.82, 2.24) is 9.80 Å². The van der Waals surface area contributed by atoms with Crippen LogP contribution in [0, 0.1) is 0 Å². The van der Waals surface area contributed by atoms with Crippen LogP contribution in [-0.4, -0.2) is 56.6 Å². The van der Waals surface area contributed by atoms with Crippen LogP contribution in [0.25, 0.3) is 0 Å². The van der Waals surface area contributed by atoms with Crippen LogP contribution < -0.4 is 0 Å². The quantitative estimate of drug-likeness (QED) is 0.453. The Kier molecular flexibility index (Phi) is 9.48. The Morgan fingerprint density at radius 2 is 1.31 bits per heavy atom. The summed E-state index contributed by atoms with van der Waals surface area (Å²) in [7, 11) is 6.90. The molecule has 2 amide bonds. The third kappa shape index (κ3) is 10.6. The third-order valence-electron chi connectivity index (χ3n) is 0.958. The summed E-state index contributed by atoms with van der Waals surface area (Å²) < 4.78 is 0. The number of hydrogen-bond acceptors (Lipinski definition) is 3. The first-order valence-corrected chi connectivity index (χ1v) is 3.73. The summed E-state index contributed by atoms with van der Waals surface area (Å²) in [6, 6.07) is 0.0185. The molecule has 76 valence electrons. The molecule has 0 aliphatic heterocycles. The molecule has 0 spiro atoms. The van der Waals surface area contributed by atoms with Gasteiger partial charge in [0.15, 0.2) is 0 Å². The van der Waals surface area contributed by atoms with Gasteiger partial charge in [-0.1, -0.05) is 0 Å². The summed E-state index contributed by atoms with van der Waals surface area (Å²) in [4.78, 5) is 32.1. The fourth-order valence-electron chi connectivity index (χ4n) is 0.439. The molecule has 0 aliphatic carbocycles. The first kappa shape index (κ1) is 14.2. The number of nitrogens with zero attached hydrogens (tertiary/aromatic N) is 2. The number of carbonyl (C=O) groups is 3. The van der Waals surface area contributed by atoms with Gasteiger partial charge in [-0.2, -0.15) is 0 Å². The molecule has 5 nitrogen and oxygen atoms in total. The molecule has 13 heavy (non-hydrogen) atoms. The lowest BCUT2D eigenvalue weighted by Gasteiger charge is -2.16. The van der Waals surface area contributed by atoms with Crippen molar-refractivity contribution in [2.24, 2.45) is 0 Å². The second-order valence-corrected chi connectivity index (χ2v) is 2.64. The molecule has 0 rings (SSSR count). The predicted octanol–water partition coefficient (Wildman–Crippen LogP) is 0.00390. The zero-order valence-electron chi connectivity index (χ0n) is 8.48. The Balaban J connectivity index is 0. The van der Waals surface area contributed by atoms with E-state index in [1.54, 1.807) is 28.2 Å². The highest BCUT2D eigenvalue weighted by Gasteiger charge is 2.02. The van der Waals surface area contributed by atoms with E-state index in [-0.39, 0.29) is 12.5 Å². The van der Waals surface area contributed by atoms with E-state index in [0.29, 0.717) is 12.6 Å². The van der Waals surface area contributed by atoms with Crippen molar-refractivity contribution in [1.29, 1.82) is 0 Å². The van der Waals surface area contributed by atoms with Crippen molar-refractivity contribution in [3.05, 3.63) is 0 Å². The van der Waals surface area contributed by atoms with Crippen LogP contribution >= 0.6 is 0 Å². The van der Waals surface area contributed by atoms with E-state index in [2.05, 4.69) is 0 Å². The summed E-state index contributed by atoms with van der Waals surface area (Å²) in [5.74, 6) is 0. The van der Waals surface area contributed by atoms with Gasteiger partial charge in [0.05, 0.1) is 6.42 Å². The topological polar surface area (TPSA) is 57.7 Å². The molecule has 0 fully saturated rings. The molecule has 0 aromatic carbocycles. The number of aldehydes is 2. The van der Waals surface area contributed by atoms with Gasteiger partial charge in [0.1, 0.15) is 12.6 Å². The first-order valence-electron chi connectivity index (χ1n) is 3.73. The van der Waals surface area contributed by atoms with E-state index in [9.17, 15) is 14.4 Å². The molecule has 0 heterocycles. The van der Waals surface area contributed by atoms with Crippen LogP contribution in [0.3, 0.4) is 0 Å². The van der Waals surface area contributed by atoms with Gasteiger partial charge in [-0.3, -0.25) is 0 Å². The summed E-state index contributed by atoms with van der Waals surface area (Å²) in [6.45, 7) is 0. The SMILES string of the molecule is CN(C)C(=O)N(C)C.O=CCC=O. The zero-order valence-corrected chi connectivity index (χ0v) is 8.48.